The first-order valence-electron chi connectivity index (χ1n) is 11.4. The van der Waals surface area contributed by atoms with Gasteiger partial charge in [-0.2, -0.15) is 13.2 Å². The Balaban J connectivity index is 1.79. The maximum absolute atomic E-state index is 13.7. The number of aromatic nitrogens is 2. The SMILES string of the molecule is Cc1c(C)n(CCCCCCN(CCO)CCO)c2ccc3[nH]c(=O)cc(C(F)(F)F)c3c12. The van der Waals surface area contributed by atoms with Crippen LogP contribution in [0.5, 0.6) is 0 Å². The average Bonchev–Trinajstić information content (AvgIpc) is 2.99. The van der Waals surface area contributed by atoms with Gasteiger partial charge < -0.3 is 19.8 Å². The lowest BCUT2D eigenvalue weighted by Crippen LogP contribution is -2.30. The van der Waals surface area contributed by atoms with Gasteiger partial charge in [-0.3, -0.25) is 9.69 Å². The van der Waals surface area contributed by atoms with Gasteiger partial charge in [0.15, 0.2) is 0 Å². The van der Waals surface area contributed by atoms with E-state index in [0.29, 0.717) is 31.1 Å². The minimum Gasteiger partial charge on any atom is -0.395 e. The molecule has 6 nitrogen and oxygen atoms in total. The van der Waals surface area contributed by atoms with E-state index in [9.17, 15) is 18.0 Å². The van der Waals surface area contributed by atoms with Crippen molar-refractivity contribution in [3.05, 3.63) is 45.4 Å². The number of unbranched alkanes of at least 4 members (excludes halogenated alkanes) is 3. The summed E-state index contributed by atoms with van der Waals surface area (Å²) in [5.74, 6) is 0. The average molecular weight is 468 g/mol. The van der Waals surface area contributed by atoms with E-state index >= 15 is 0 Å². The molecule has 0 aliphatic carbocycles. The van der Waals surface area contributed by atoms with Gasteiger partial charge in [0.1, 0.15) is 0 Å². The lowest BCUT2D eigenvalue weighted by Gasteiger charge is -2.19. The Bertz CT molecular complexity index is 1150. The molecule has 0 fully saturated rings. The smallest absolute Gasteiger partial charge is 0.395 e. The number of nitrogens with one attached hydrogen (secondary N) is 1. The van der Waals surface area contributed by atoms with Crippen molar-refractivity contribution in [2.75, 3.05) is 32.8 Å². The third kappa shape index (κ3) is 5.59. The van der Waals surface area contributed by atoms with Gasteiger partial charge in [-0.15, -0.1) is 0 Å². The van der Waals surface area contributed by atoms with Gasteiger partial charge in [-0.1, -0.05) is 12.8 Å². The fourth-order valence-corrected chi connectivity index (χ4v) is 4.61. The Morgan fingerprint density at radius 1 is 0.970 bits per heavy atom. The fraction of sp³-hybridized carbons (Fsp3) is 0.542. The van der Waals surface area contributed by atoms with Crippen LogP contribution in [0.2, 0.25) is 0 Å². The molecule has 3 rings (SSSR count). The van der Waals surface area contributed by atoms with E-state index in [4.69, 9.17) is 10.2 Å². The molecule has 182 valence electrons. The highest BCUT2D eigenvalue weighted by Gasteiger charge is 2.34. The number of rotatable bonds is 11. The normalized spacial score (nSPS) is 12.5. The highest BCUT2D eigenvalue weighted by molar-refractivity contribution is 6.09. The standard InChI is InChI=1S/C24H32F3N3O3/c1-16-17(2)30(10-6-4-3-5-9-29(11-13-31)12-14-32)20-8-7-19-23(22(16)20)18(24(25,26)27)15-21(33)28-19/h7-8,15,31-32H,3-6,9-14H2,1-2H3,(H,28,33). The molecule has 2 heterocycles. The largest absolute Gasteiger partial charge is 0.417 e. The zero-order chi connectivity index (χ0) is 24.2. The Labute approximate surface area is 190 Å². The van der Waals surface area contributed by atoms with Crippen LogP contribution < -0.4 is 5.56 Å². The molecule has 1 aromatic carbocycles. The molecular formula is C24H32F3N3O3. The number of aliphatic hydroxyl groups excluding tert-OH is 2. The fourth-order valence-electron chi connectivity index (χ4n) is 4.61. The summed E-state index contributed by atoms with van der Waals surface area (Å²) in [6.07, 6.45) is -0.813. The van der Waals surface area contributed by atoms with Gasteiger partial charge in [0.05, 0.1) is 18.8 Å². The summed E-state index contributed by atoms with van der Waals surface area (Å²) in [7, 11) is 0. The molecule has 3 aromatic rings. The first-order valence-corrected chi connectivity index (χ1v) is 11.4. The number of aliphatic hydroxyl groups is 2. The predicted molar refractivity (Wildman–Crippen MR) is 124 cm³/mol. The number of fused-ring (bicyclic) bond motifs is 3. The second-order valence-electron chi connectivity index (χ2n) is 8.49. The number of halogens is 3. The highest BCUT2D eigenvalue weighted by Crippen LogP contribution is 2.39. The summed E-state index contributed by atoms with van der Waals surface area (Å²) >= 11 is 0. The summed E-state index contributed by atoms with van der Waals surface area (Å²) < 4.78 is 43.3. The zero-order valence-corrected chi connectivity index (χ0v) is 19.1. The van der Waals surface area contributed by atoms with E-state index in [0.717, 1.165) is 49.0 Å². The lowest BCUT2D eigenvalue weighted by molar-refractivity contribution is -0.136. The maximum atomic E-state index is 13.7. The van der Waals surface area contributed by atoms with Gasteiger partial charge >= 0.3 is 6.18 Å². The summed E-state index contributed by atoms with van der Waals surface area (Å²) in [6, 6.07) is 3.99. The Morgan fingerprint density at radius 2 is 1.64 bits per heavy atom. The van der Waals surface area contributed by atoms with Crippen LogP contribution in [-0.4, -0.2) is 57.5 Å². The van der Waals surface area contributed by atoms with Gasteiger partial charge in [-0.05, 0) is 50.9 Å². The molecule has 0 atom stereocenters. The highest BCUT2D eigenvalue weighted by atomic mass is 19.4. The molecule has 9 heteroatoms. The van der Waals surface area contributed by atoms with Crippen molar-refractivity contribution in [1.29, 1.82) is 0 Å². The van der Waals surface area contributed by atoms with Crippen LogP contribution in [0.15, 0.2) is 23.0 Å². The number of hydrogen-bond acceptors (Lipinski definition) is 4. The zero-order valence-electron chi connectivity index (χ0n) is 19.1. The van der Waals surface area contributed by atoms with Gasteiger partial charge in [0.2, 0.25) is 5.56 Å². The number of aromatic amines is 1. The van der Waals surface area contributed by atoms with E-state index in [1.54, 1.807) is 12.1 Å². The summed E-state index contributed by atoms with van der Waals surface area (Å²) in [4.78, 5) is 16.4. The van der Waals surface area contributed by atoms with Crippen molar-refractivity contribution in [3.8, 4) is 0 Å². The van der Waals surface area contributed by atoms with Gasteiger partial charge in [-0.25, -0.2) is 0 Å². The molecule has 0 aliphatic rings. The van der Waals surface area contributed by atoms with Crippen molar-refractivity contribution in [2.45, 2.75) is 52.3 Å². The molecule has 0 radical (unpaired) electrons. The van der Waals surface area contributed by atoms with E-state index in [1.807, 2.05) is 18.7 Å². The van der Waals surface area contributed by atoms with Crippen LogP contribution in [0.1, 0.15) is 42.5 Å². The molecule has 0 unspecified atom stereocenters. The lowest BCUT2D eigenvalue weighted by atomic mass is 10.0. The van der Waals surface area contributed by atoms with Crippen molar-refractivity contribution >= 4 is 21.8 Å². The minimum absolute atomic E-state index is 0.0480. The summed E-state index contributed by atoms with van der Waals surface area (Å²) in [6.45, 7) is 6.49. The molecule has 0 amide bonds. The Hall–Kier alpha value is -2.36. The van der Waals surface area contributed by atoms with Gasteiger partial charge in [0.25, 0.3) is 0 Å². The van der Waals surface area contributed by atoms with Crippen molar-refractivity contribution in [2.24, 2.45) is 0 Å². The van der Waals surface area contributed by atoms with Crippen LogP contribution >= 0.6 is 0 Å². The van der Waals surface area contributed by atoms with Crippen LogP contribution in [0, 0.1) is 13.8 Å². The monoisotopic (exact) mass is 467 g/mol. The first-order chi connectivity index (χ1) is 15.7. The van der Waals surface area contributed by atoms with E-state index in [2.05, 4.69) is 9.55 Å². The molecule has 33 heavy (non-hydrogen) atoms. The molecule has 3 N–H and O–H groups in total. The quantitative estimate of drug-likeness (QED) is 0.373. The van der Waals surface area contributed by atoms with Crippen molar-refractivity contribution < 1.29 is 23.4 Å². The number of benzene rings is 1. The maximum Gasteiger partial charge on any atom is 0.417 e. The minimum atomic E-state index is -4.62. The van der Waals surface area contributed by atoms with Crippen LogP contribution in [-0.2, 0) is 12.7 Å². The molecule has 2 aromatic heterocycles. The van der Waals surface area contributed by atoms with Crippen LogP contribution in [0.3, 0.4) is 0 Å². The summed E-state index contributed by atoms with van der Waals surface area (Å²) in [5, 5.41) is 18.7. The number of H-pyrrole nitrogens is 1. The molecule has 0 spiro atoms. The third-order valence-corrected chi connectivity index (χ3v) is 6.34. The second kappa shape index (κ2) is 10.7. The van der Waals surface area contributed by atoms with Crippen molar-refractivity contribution in [3.63, 3.8) is 0 Å². The number of aryl methyl sites for hydroxylation is 2. The predicted octanol–water partition coefficient (Wildman–Crippen LogP) is 3.97. The third-order valence-electron chi connectivity index (χ3n) is 6.34. The summed E-state index contributed by atoms with van der Waals surface area (Å²) in [5.41, 5.74) is 0.984. The van der Waals surface area contributed by atoms with E-state index < -0.39 is 17.3 Å². The van der Waals surface area contributed by atoms with Crippen molar-refractivity contribution in [1.82, 2.24) is 14.5 Å². The first kappa shape index (κ1) is 25.3. The molecule has 0 bridgehead atoms. The van der Waals surface area contributed by atoms with Gasteiger partial charge in [0, 0.05) is 53.2 Å². The van der Waals surface area contributed by atoms with E-state index in [-0.39, 0.29) is 24.1 Å². The molecule has 0 saturated carbocycles. The van der Waals surface area contributed by atoms with E-state index in [1.165, 1.54) is 0 Å². The molecular weight excluding hydrogens is 435 g/mol. The number of pyridine rings is 1. The second-order valence-corrected chi connectivity index (χ2v) is 8.49. The van der Waals surface area contributed by atoms with Crippen LogP contribution in [0.4, 0.5) is 13.2 Å². The Kier molecular flexibility index (Phi) is 8.20. The van der Waals surface area contributed by atoms with Crippen LogP contribution in [0.25, 0.3) is 21.8 Å². The number of nitrogens with zero attached hydrogens (tertiary/aromatic N) is 2. The topological polar surface area (TPSA) is 81.5 Å². The Morgan fingerprint density at radius 3 is 2.27 bits per heavy atom. The molecule has 0 saturated heterocycles. The number of alkyl halides is 3. The molecule has 0 aliphatic heterocycles. The number of hydrogen-bond donors (Lipinski definition) is 3.